The number of nitrogens with one attached hydrogen (secondary N) is 2. The molecule has 0 radical (unpaired) electrons. The number of aryl methyl sites for hydroxylation is 1. The lowest BCUT2D eigenvalue weighted by Crippen LogP contribution is -2.31. The molecular formula is C20H21ClN2O3. The predicted octanol–water partition coefficient (Wildman–Crippen LogP) is 3.97. The SMILES string of the molecule is C=CCNC(=O)c1ccccc1NC(=O)[C@@H](C)Oc1ccc(Cl)c(C)c1. The minimum absolute atomic E-state index is 0.289. The molecule has 2 rings (SSSR count). The van der Waals surface area contributed by atoms with Crippen molar-refractivity contribution in [1.29, 1.82) is 0 Å². The second-order valence-electron chi connectivity index (χ2n) is 5.70. The van der Waals surface area contributed by atoms with Crippen LogP contribution < -0.4 is 15.4 Å². The Balaban J connectivity index is 2.07. The van der Waals surface area contributed by atoms with E-state index >= 15 is 0 Å². The Morgan fingerprint density at radius 1 is 1.27 bits per heavy atom. The molecule has 2 aromatic rings. The van der Waals surface area contributed by atoms with Gasteiger partial charge in [-0.3, -0.25) is 9.59 Å². The third-order valence-electron chi connectivity index (χ3n) is 3.65. The molecule has 26 heavy (non-hydrogen) atoms. The fraction of sp³-hybridized carbons (Fsp3) is 0.200. The minimum atomic E-state index is -0.750. The maximum atomic E-state index is 12.4. The normalized spacial score (nSPS) is 11.3. The average Bonchev–Trinajstić information content (AvgIpc) is 2.63. The predicted molar refractivity (Wildman–Crippen MR) is 104 cm³/mol. The number of carbonyl (C=O) groups excluding carboxylic acids is 2. The van der Waals surface area contributed by atoms with Gasteiger partial charge in [-0.15, -0.1) is 6.58 Å². The number of para-hydroxylation sites is 1. The van der Waals surface area contributed by atoms with Crippen molar-refractivity contribution in [2.45, 2.75) is 20.0 Å². The molecule has 0 aliphatic rings. The second kappa shape index (κ2) is 9.06. The van der Waals surface area contributed by atoms with Gasteiger partial charge in [0.25, 0.3) is 11.8 Å². The van der Waals surface area contributed by atoms with Crippen LogP contribution in [0.1, 0.15) is 22.8 Å². The number of halogens is 1. The number of rotatable bonds is 7. The number of benzene rings is 2. The Hall–Kier alpha value is -2.79. The molecule has 2 amide bonds. The van der Waals surface area contributed by atoms with E-state index in [1.807, 2.05) is 6.92 Å². The summed E-state index contributed by atoms with van der Waals surface area (Å²) in [5.41, 5.74) is 1.65. The van der Waals surface area contributed by atoms with E-state index in [-0.39, 0.29) is 11.8 Å². The van der Waals surface area contributed by atoms with Crippen LogP contribution in [0, 0.1) is 6.92 Å². The van der Waals surface area contributed by atoms with Crippen LogP contribution in [0.4, 0.5) is 5.69 Å². The van der Waals surface area contributed by atoms with Crippen LogP contribution in [0.5, 0.6) is 5.75 Å². The van der Waals surface area contributed by atoms with E-state index in [1.54, 1.807) is 55.5 Å². The van der Waals surface area contributed by atoms with Gasteiger partial charge in [0.15, 0.2) is 6.10 Å². The fourth-order valence-electron chi connectivity index (χ4n) is 2.23. The van der Waals surface area contributed by atoms with Crippen LogP contribution in [-0.4, -0.2) is 24.5 Å². The number of anilines is 1. The maximum Gasteiger partial charge on any atom is 0.265 e. The number of amides is 2. The zero-order chi connectivity index (χ0) is 19.1. The van der Waals surface area contributed by atoms with Gasteiger partial charge in [-0.05, 0) is 49.7 Å². The Labute approximate surface area is 158 Å². The highest BCUT2D eigenvalue weighted by Crippen LogP contribution is 2.22. The molecule has 0 aromatic heterocycles. The van der Waals surface area contributed by atoms with Gasteiger partial charge in [0.2, 0.25) is 0 Å². The van der Waals surface area contributed by atoms with Crippen molar-refractivity contribution in [2.24, 2.45) is 0 Å². The second-order valence-corrected chi connectivity index (χ2v) is 6.11. The standard InChI is InChI=1S/C20H21ClN2O3/c1-4-11-22-20(25)16-7-5-6-8-18(16)23-19(24)14(3)26-15-9-10-17(21)13(2)12-15/h4-10,12,14H,1,11H2,2-3H3,(H,22,25)(H,23,24)/t14-/m1/s1. The molecule has 0 aliphatic carbocycles. The zero-order valence-corrected chi connectivity index (χ0v) is 15.5. The van der Waals surface area contributed by atoms with E-state index in [4.69, 9.17) is 16.3 Å². The van der Waals surface area contributed by atoms with Crippen LogP contribution in [0.2, 0.25) is 5.02 Å². The highest BCUT2D eigenvalue weighted by molar-refractivity contribution is 6.31. The Morgan fingerprint density at radius 2 is 2.00 bits per heavy atom. The molecule has 0 bridgehead atoms. The molecule has 0 unspecified atom stereocenters. The lowest BCUT2D eigenvalue weighted by Gasteiger charge is -2.17. The molecule has 0 saturated heterocycles. The van der Waals surface area contributed by atoms with Gasteiger partial charge >= 0.3 is 0 Å². The van der Waals surface area contributed by atoms with Gasteiger partial charge in [0.05, 0.1) is 11.3 Å². The molecular weight excluding hydrogens is 352 g/mol. The molecule has 0 heterocycles. The molecule has 0 aliphatic heterocycles. The highest BCUT2D eigenvalue weighted by atomic mass is 35.5. The molecule has 5 nitrogen and oxygen atoms in total. The summed E-state index contributed by atoms with van der Waals surface area (Å²) in [7, 11) is 0. The van der Waals surface area contributed by atoms with E-state index in [9.17, 15) is 9.59 Å². The third-order valence-corrected chi connectivity index (χ3v) is 4.07. The van der Waals surface area contributed by atoms with Gasteiger partial charge in [-0.25, -0.2) is 0 Å². The summed E-state index contributed by atoms with van der Waals surface area (Å²) in [6.45, 7) is 7.40. The lowest BCUT2D eigenvalue weighted by atomic mass is 10.1. The summed E-state index contributed by atoms with van der Waals surface area (Å²) in [5, 5.41) is 6.06. The Kier molecular flexibility index (Phi) is 6.81. The summed E-state index contributed by atoms with van der Waals surface area (Å²) in [6, 6.07) is 12.0. The molecule has 6 heteroatoms. The average molecular weight is 373 g/mol. The molecule has 0 saturated carbocycles. The van der Waals surface area contributed by atoms with Crippen LogP contribution in [-0.2, 0) is 4.79 Å². The summed E-state index contributed by atoms with van der Waals surface area (Å²) in [5.74, 6) is -0.101. The number of ether oxygens (including phenoxy) is 1. The quantitative estimate of drug-likeness (QED) is 0.722. The van der Waals surface area contributed by atoms with Crippen molar-refractivity contribution >= 4 is 29.1 Å². The van der Waals surface area contributed by atoms with Crippen molar-refractivity contribution in [3.8, 4) is 5.75 Å². The lowest BCUT2D eigenvalue weighted by molar-refractivity contribution is -0.122. The maximum absolute atomic E-state index is 12.4. The first-order valence-electron chi connectivity index (χ1n) is 8.14. The number of carbonyl (C=O) groups is 2. The Morgan fingerprint density at radius 3 is 2.69 bits per heavy atom. The van der Waals surface area contributed by atoms with Crippen LogP contribution in [0.15, 0.2) is 55.1 Å². The Bertz CT molecular complexity index is 820. The van der Waals surface area contributed by atoms with Crippen LogP contribution in [0.25, 0.3) is 0 Å². The molecule has 2 aromatic carbocycles. The van der Waals surface area contributed by atoms with E-state index < -0.39 is 6.10 Å². The number of hydrogen-bond donors (Lipinski definition) is 2. The molecule has 0 spiro atoms. The summed E-state index contributed by atoms with van der Waals surface area (Å²) < 4.78 is 5.66. The van der Waals surface area contributed by atoms with Gasteiger partial charge in [-0.2, -0.15) is 0 Å². The van der Waals surface area contributed by atoms with Crippen molar-refractivity contribution in [3.05, 3.63) is 71.3 Å². The van der Waals surface area contributed by atoms with Crippen LogP contribution in [0.3, 0.4) is 0 Å². The highest BCUT2D eigenvalue weighted by Gasteiger charge is 2.18. The van der Waals surface area contributed by atoms with Gasteiger partial charge in [0, 0.05) is 11.6 Å². The summed E-state index contributed by atoms with van der Waals surface area (Å²) >= 11 is 5.99. The van der Waals surface area contributed by atoms with E-state index in [0.717, 1.165) is 5.56 Å². The van der Waals surface area contributed by atoms with Gasteiger partial charge < -0.3 is 15.4 Å². The smallest absolute Gasteiger partial charge is 0.265 e. The summed E-state index contributed by atoms with van der Waals surface area (Å²) in [4.78, 5) is 24.6. The first-order valence-corrected chi connectivity index (χ1v) is 8.52. The first-order chi connectivity index (χ1) is 12.4. The molecule has 0 fully saturated rings. The van der Waals surface area contributed by atoms with Crippen molar-refractivity contribution in [2.75, 3.05) is 11.9 Å². The largest absolute Gasteiger partial charge is 0.481 e. The summed E-state index contributed by atoms with van der Waals surface area (Å²) in [6.07, 6.45) is 0.836. The van der Waals surface area contributed by atoms with E-state index in [1.165, 1.54) is 0 Å². The zero-order valence-electron chi connectivity index (χ0n) is 14.7. The van der Waals surface area contributed by atoms with E-state index in [0.29, 0.717) is 28.6 Å². The minimum Gasteiger partial charge on any atom is -0.481 e. The fourth-order valence-corrected chi connectivity index (χ4v) is 2.35. The van der Waals surface area contributed by atoms with Crippen LogP contribution >= 0.6 is 11.6 Å². The molecule has 1 atom stereocenters. The van der Waals surface area contributed by atoms with E-state index in [2.05, 4.69) is 17.2 Å². The molecule has 2 N–H and O–H groups in total. The first kappa shape index (κ1) is 19.5. The molecule has 136 valence electrons. The van der Waals surface area contributed by atoms with Gasteiger partial charge in [0.1, 0.15) is 5.75 Å². The topological polar surface area (TPSA) is 67.4 Å². The monoisotopic (exact) mass is 372 g/mol. The van der Waals surface area contributed by atoms with Crippen molar-refractivity contribution in [1.82, 2.24) is 5.32 Å². The number of hydrogen-bond acceptors (Lipinski definition) is 3. The van der Waals surface area contributed by atoms with Gasteiger partial charge in [-0.1, -0.05) is 29.8 Å². The third kappa shape index (κ3) is 5.10. The van der Waals surface area contributed by atoms with Crippen molar-refractivity contribution in [3.63, 3.8) is 0 Å². The van der Waals surface area contributed by atoms with Crippen molar-refractivity contribution < 1.29 is 14.3 Å².